The number of hydrogen-bond acceptors (Lipinski definition) is 4. The Labute approximate surface area is 131 Å². The minimum absolute atomic E-state index is 0.0326. The van der Waals surface area contributed by atoms with Gasteiger partial charge < -0.3 is 10.6 Å². The van der Waals surface area contributed by atoms with Crippen molar-refractivity contribution in [3.05, 3.63) is 23.8 Å². The lowest BCUT2D eigenvalue weighted by atomic mass is 10.0. The van der Waals surface area contributed by atoms with E-state index in [1.54, 1.807) is 30.0 Å². The number of carbonyl (C=O) groups excluding carboxylic acids is 1. The van der Waals surface area contributed by atoms with E-state index < -0.39 is 16.1 Å². The molecule has 0 bridgehead atoms. The maximum Gasteiger partial charge on any atom is 0.244 e. The molecular weight excluding hydrogens is 302 g/mol. The fraction of sp³-hybridized carbons (Fsp3) is 0.533. The minimum Gasteiger partial charge on any atom is -0.320 e. The maximum atomic E-state index is 12.5. The first-order valence-corrected chi connectivity index (χ1v) is 8.95. The Balaban J connectivity index is 2.37. The first kappa shape index (κ1) is 16.9. The van der Waals surface area contributed by atoms with Crippen molar-refractivity contribution in [1.29, 1.82) is 0 Å². The summed E-state index contributed by atoms with van der Waals surface area (Å²) in [6.07, 6.45) is 0.716. The molecule has 1 heterocycles. The van der Waals surface area contributed by atoms with E-state index in [-0.39, 0.29) is 16.7 Å². The minimum atomic E-state index is -3.54. The zero-order valence-corrected chi connectivity index (χ0v) is 14.0. The largest absolute Gasteiger partial charge is 0.320 e. The van der Waals surface area contributed by atoms with Crippen LogP contribution in [0.1, 0.15) is 26.3 Å². The van der Waals surface area contributed by atoms with Crippen LogP contribution in [0.4, 0.5) is 5.69 Å². The second-order valence-corrected chi connectivity index (χ2v) is 7.57. The number of carbonyl (C=O) groups is 1. The van der Waals surface area contributed by atoms with Gasteiger partial charge in [-0.25, -0.2) is 13.1 Å². The Kier molecular flexibility index (Phi) is 4.89. The molecular formula is C15H23N3O3S. The van der Waals surface area contributed by atoms with E-state index in [2.05, 4.69) is 4.72 Å². The van der Waals surface area contributed by atoms with Crippen LogP contribution < -0.4 is 15.4 Å². The average molecular weight is 325 g/mol. The van der Waals surface area contributed by atoms with E-state index in [1.807, 2.05) is 13.8 Å². The van der Waals surface area contributed by atoms with Crippen molar-refractivity contribution in [2.75, 3.05) is 18.0 Å². The molecule has 122 valence electrons. The fourth-order valence-corrected chi connectivity index (χ4v) is 3.55. The average Bonchev–Trinajstić information content (AvgIpc) is 2.88. The van der Waals surface area contributed by atoms with Crippen LogP contribution in [-0.4, -0.2) is 33.5 Å². The van der Waals surface area contributed by atoms with Crippen LogP contribution in [-0.2, 0) is 21.2 Å². The molecule has 0 spiro atoms. The Morgan fingerprint density at radius 2 is 2.09 bits per heavy atom. The van der Waals surface area contributed by atoms with Gasteiger partial charge in [0.1, 0.15) is 0 Å². The number of anilines is 1. The van der Waals surface area contributed by atoms with Crippen LogP contribution in [0.2, 0.25) is 0 Å². The lowest BCUT2D eigenvalue weighted by molar-refractivity contribution is -0.120. The molecule has 0 aliphatic carbocycles. The first-order chi connectivity index (χ1) is 10.3. The Morgan fingerprint density at radius 1 is 1.41 bits per heavy atom. The molecule has 0 aromatic heterocycles. The third-order valence-corrected chi connectivity index (χ3v) is 5.41. The molecule has 0 saturated carbocycles. The van der Waals surface area contributed by atoms with E-state index >= 15 is 0 Å². The normalized spacial score (nSPS) is 16.0. The van der Waals surface area contributed by atoms with Crippen molar-refractivity contribution in [1.82, 2.24) is 4.72 Å². The molecule has 0 saturated heterocycles. The van der Waals surface area contributed by atoms with E-state index in [1.165, 1.54) is 0 Å². The number of sulfonamides is 1. The number of rotatable bonds is 5. The second-order valence-electron chi connectivity index (χ2n) is 5.80. The summed E-state index contributed by atoms with van der Waals surface area (Å²) in [4.78, 5) is 14.2. The van der Waals surface area contributed by atoms with E-state index in [4.69, 9.17) is 5.73 Å². The molecule has 1 aliphatic rings. The van der Waals surface area contributed by atoms with Crippen LogP contribution >= 0.6 is 0 Å². The molecule has 1 aliphatic heterocycles. The molecule has 0 fully saturated rings. The molecule has 3 N–H and O–H groups in total. The van der Waals surface area contributed by atoms with Gasteiger partial charge in [-0.15, -0.1) is 0 Å². The molecule has 1 atom stereocenters. The van der Waals surface area contributed by atoms with Crippen LogP contribution in [0.25, 0.3) is 0 Å². The Bertz CT molecular complexity index is 671. The topological polar surface area (TPSA) is 92.5 Å². The predicted octanol–water partition coefficient (Wildman–Crippen LogP) is 0.857. The molecule has 2 rings (SSSR count). The third kappa shape index (κ3) is 3.16. The predicted molar refractivity (Wildman–Crippen MR) is 86.2 cm³/mol. The summed E-state index contributed by atoms with van der Waals surface area (Å²) in [6, 6.07) is 4.33. The van der Waals surface area contributed by atoms with Gasteiger partial charge in [0.25, 0.3) is 0 Å². The highest BCUT2D eigenvalue weighted by atomic mass is 32.2. The quantitative estimate of drug-likeness (QED) is 0.840. The van der Waals surface area contributed by atoms with Crippen LogP contribution in [0.5, 0.6) is 0 Å². The van der Waals surface area contributed by atoms with Crippen molar-refractivity contribution in [2.24, 2.45) is 11.7 Å². The summed E-state index contributed by atoms with van der Waals surface area (Å²) in [5.41, 5.74) is 7.57. The SMILES string of the molecule is CCNS(=O)(=O)c1ccc2c(c1)N(C(=O)[C@@H](N)C(C)C)CC2. The molecule has 22 heavy (non-hydrogen) atoms. The highest BCUT2D eigenvalue weighted by molar-refractivity contribution is 7.89. The summed E-state index contributed by atoms with van der Waals surface area (Å²) >= 11 is 0. The number of nitrogens with one attached hydrogen (secondary N) is 1. The standard InChI is InChI=1S/C15H23N3O3S/c1-4-17-22(20,21)12-6-5-11-7-8-18(13(11)9-12)15(19)14(16)10(2)3/h5-6,9-10,14,17H,4,7-8,16H2,1-3H3/t14-/m0/s1. The monoisotopic (exact) mass is 325 g/mol. The number of hydrogen-bond donors (Lipinski definition) is 2. The van der Waals surface area contributed by atoms with Gasteiger partial charge in [-0.2, -0.15) is 0 Å². The zero-order valence-electron chi connectivity index (χ0n) is 13.2. The number of benzene rings is 1. The summed E-state index contributed by atoms with van der Waals surface area (Å²) in [5.74, 6) is -0.128. The van der Waals surface area contributed by atoms with Gasteiger partial charge >= 0.3 is 0 Å². The highest BCUT2D eigenvalue weighted by Crippen LogP contribution is 2.31. The van der Waals surface area contributed by atoms with Gasteiger partial charge in [0.05, 0.1) is 10.9 Å². The van der Waals surface area contributed by atoms with Gasteiger partial charge in [-0.05, 0) is 30.0 Å². The van der Waals surface area contributed by atoms with Gasteiger partial charge in [0.15, 0.2) is 0 Å². The molecule has 7 heteroatoms. The molecule has 1 aromatic rings. The second kappa shape index (κ2) is 6.36. The third-order valence-electron chi connectivity index (χ3n) is 3.87. The molecule has 1 aromatic carbocycles. The van der Waals surface area contributed by atoms with Gasteiger partial charge in [-0.1, -0.05) is 26.8 Å². The van der Waals surface area contributed by atoms with Crippen LogP contribution in [0, 0.1) is 5.92 Å². The van der Waals surface area contributed by atoms with E-state index in [9.17, 15) is 13.2 Å². The fourth-order valence-electron chi connectivity index (χ4n) is 2.49. The van der Waals surface area contributed by atoms with Gasteiger partial charge in [-0.3, -0.25) is 4.79 Å². The highest BCUT2D eigenvalue weighted by Gasteiger charge is 2.30. The Hall–Kier alpha value is -1.44. The van der Waals surface area contributed by atoms with Crippen LogP contribution in [0.15, 0.2) is 23.1 Å². The molecule has 0 radical (unpaired) electrons. The van der Waals surface area contributed by atoms with Crippen molar-refractivity contribution < 1.29 is 13.2 Å². The summed E-state index contributed by atoms with van der Waals surface area (Å²) < 4.78 is 26.7. The van der Waals surface area contributed by atoms with E-state index in [0.717, 1.165) is 5.56 Å². The van der Waals surface area contributed by atoms with Crippen LogP contribution in [0.3, 0.4) is 0 Å². The smallest absolute Gasteiger partial charge is 0.244 e. The Morgan fingerprint density at radius 3 is 2.68 bits per heavy atom. The van der Waals surface area contributed by atoms with Crippen molar-refractivity contribution >= 4 is 21.6 Å². The summed E-state index contributed by atoms with van der Waals surface area (Å²) in [6.45, 7) is 6.37. The summed E-state index contributed by atoms with van der Waals surface area (Å²) in [5, 5.41) is 0. The molecule has 6 nitrogen and oxygen atoms in total. The maximum absolute atomic E-state index is 12.5. The van der Waals surface area contributed by atoms with E-state index in [0.29, 0.717) is 25.2 Å². The van der Waals surface area contributed by atoms with Gasteiger partial charge in [0.2, 0.25) is 15.9 Å². The zero-order chi connectivity index (χ0) is 16.5. The lowest BCUT2D eigenvalue weighted by Crippen LogP contribution is -2.46. The molecule has 0 unspecified atom stereocenters. The molecule has 1 amide bonds. The number of fused-ring (bicyclic) bond motifs is 1. The number of nitrogens with two attached hydrogens (primary N) is 1. The number of nitrogens with zero attached hydrogens (tertiary/aromatic N) is 1. The van der Waals surface area contributed by atoms with Crippen molar-refractivity contribution in [2.45, 2.75) is 38.1 Å². The lowest BCUT2D eigenvalue weighted by Gasteiger charge is -2.24. The van der Waals surface area contributed by atoms with Crippen molar-refractivity contribution in [3.8, 4) is 0 Å². The van der Waals surface area contributed by atoms with Crippen molar-refractivity contribution in [3.63, 3.8) is 0 Å². The summed E-state index contributed by atoms with van der Waals surface area (Å²) in [7, 11) is -3.54. The van der Waals surface area contributed by atoms with Gasteiger partial charge in [0, 0.05) is 18.8 Å². The number of amides is 1. The first-order valence-electron chi connectivity index (χ1n) is 7.47.